The first-order valence-corrected chi connectivity index (χ1v) is 5.39. The maximum absolute atomic E-state index is 11.3. The Morgan fingerprint density at radius 1 is 1.50 bits per heavy atom. The van der Waals surface area contributed by atoms with Gasteiger partial charge in [-0.1, -0.05) is 6.07 Å². The third-order valence-electron chi connectivity index (χ3n) is 2.45. The molecular weight excluding hydrogens is 244 g/mol. The van der Waals surface area contributed by atoms with E-state index in [1.54, 1.807) is 0 Å². The predicted octanol–water partition coefficient (Wildman–Crippen LogP) is 3.11. The van der Waals surface area contributed by atoms with Crippen molar-refractivity contribution >= 4 is 21.9 Å². The molecule has 14 heavy (non-hydrogen) atoms. The van der Waals surface area contributed by atoms with Gasteiger partial charge in [0.1, 0.15) is 0 Å². The predicted molar refractivity (Wildman–Crippen MR) is 57.5 cm³/mol. The molecule has 3 heteroatoms. The molecule has 2 rings (SSSR count). The SMILES string of the molecule is COC(=O)c1ccc(C2CC2)cc1Br. The van der Waals surface area contributed by atoms with Gasteiger partial charge in [0.05, 0.1) is 12.7 Å². The maximum Gasteiger partial charge on any atom is 0.338 e. The number of carbonyl (C=O) groups excluding carboxylic acids is 1. The molecule has 1 fully saturated rings. The summed E-state index contributed by atoms with van der Waals surface area (Å²) in [4.78, 5) is 11.3. The normalized spacial score (nSPS) is 15.3. The Morgan fingerprint density at radius 3 is 2.71 bits per heavy atom. The third-order valence-corrected chi connectivity index (χ3v) is 3.10. The lowest BCUT2D eigenvalue weighted by atomic mass is 10.1. The molecule has 0 unspecified atom stereocenters. The Balaban J connectivity index is 2.30. The van der Waals surface area contributed by atoms with E-state index in [1.807, 2.05) is 18.2 Å². The Morgan fingerprint density at radius 2 is 2.21 bits per heavy atom. The average molecular weight is 255 g/mol. The third kappa shape index (κ3) is 1.82. The summed E-state index contributed by atoms with van der Waals surface area (Å²) in [7, 11) is 1.39. The van der Waals surface area contributed by atoms with E-state index in [9.17, 15) is 4.79 Å². The van der Waals surface area contributed by atoms with Gasteiger partial charge in [0.15, 0.2) is 0 Å². The van der Waals surface area contributed by atoms with Crippen molar-refractivity contribution in [3.8, 4) is 0 Å². The number of benzene rings is 1. The van der Waals surface area contributed by atoms with E-state index in [0.29, 0.717) is 11.5 Å². The van der Waals surface area contributed by atoms with Crippen LogP contribution in [-0.2, 0) is 4.74 Å². The standard InChI is InChI=1S/C11H11BrO2/c1-14-11(13)9-5-4-8(6-10(9)12)7-2-3-7/h4-7H,2-3H2,1H3. The quantitative estimate of drug-likeness (QED) is 0.759. The number of hydrogen-bond acceptors (Lipinski definition) is 2. The minimum Gasteiger partial charge on any atom is -0.465 e. The number of ether oxygens (including phenoxy) is 1. The van der Waals surface area contributed by atoms with E-state index in [2.05, 4.69) is 20.7 Å². The van der Waals surface area contributed by atoms with E-state index in [4.69, 9.17) is 0 Å². The fraction of sp³-hybridized carbons (Fsp3) is 0.364. The summed E-state index contributed by atoms with van der Waals surface area (Å²) in [6.45, 7) is 0. The van der Waals surface area contributed by atoms with Crippen molar-refractivity contribution in [3.63, 3.8) is 0 Å². The summed E-state index contributed by atoms with van der Waals surface area (Å²) in [5.74, 6) is 0.414. The molecular formula is C11H11BrO2. The van der Waals surface area contributed by atoms with Crippen LogP contribution in [0.3, 0.4) is 0 Å². The van der Waals surface area contributed by atoms with Gasteiger partial charge in [-0.3, -0.25) is 0 Å². The molecule has 0 spiro atoms. The molecule has 0 heterocycles. The average Bonchev–Trinajstić information content (AvgIpc) is 3.00. The van der Waals surface area contributed by atoms with Gasteiger partial charge in [0, 0.05) is 4.47 Å². The number of esters is 1. The molecule has 1 aliphatic carbocycles. The largest absolute Gasteiger partial charge is 0.465 e. The van der Waals surface area contributed by atoms with Gasteiger partial charge in [-0.25, -0.2) is 4.79 Å². The van der Waals surface area contributed by atoms with E-state index in [0.717, 1.165) is 4.47 Å². The fourth-order valence-electron chi connectivity index (χ4n) is 1.48. The zero-order valence-electron chi connectivity index (χ0n) is 7.92. The van der Waals surface area contributed by atoms with Crippen LogP contribution in [0.4, 0.5) is 0 Å². The molecule has 0 bridgehead atoms. The molecule has 0 aromatic heterocycles. The first kappa shape index (κ1) is 9.71. The summed E-state index contributed by atoms with van der Waals surface area (Å²) in [6.07, 6.45) is 2.54. The highest BCUT2D eigenvalue weighted by molar-refractivity contribution is 9.10. The highest BCUT2D eigenvalue weighted by Gasteiger charge is 2.24. The Labute approximate surface area is 91.4 Å². The summed E-state index contributed by atoms with van der Waals surface area (Å²) in [5, 5.41) is 0. The maximum atomic E-state index is 11.3. The number of hydrogen-bond donors (Lipinski definition) is 0. The minimum atomic E-state index is -0.292. The van der Waals surface area contributed by atoms with Gasteiger partial charge in [-0.15, -0.1) is 0 Å². The molecule has 74 valence electrons. The molecule has 1 aromatic carbocycles. The van der Waals surface area contributed by atoms with Crippen LogP contribution in [0.15, 0.2) is 22.7 Å². The molecule has 1 aliphatic rings. The summed E-state index contributed by atoms with van der Waals surface area (Å²) < 4.78 is 5.49. The van der Waals surface area contributed by atoms with Gasteiger partial charge < -0.3 is 4.74 Å². The fourth-order valence-corrected chi connectivity index (χ4v) is 2.04. The molecule has 0 aliphatic heterocycles. The summed E-state index contributed by atoms with van der Waals surface area (Å²) in [5.41, 5.74) is 1.90. The lowest BCUT2D eigenvalue weighted by Crippen LogP contribution is -2.02. The monoisotopic (exact) mass is 254 g/mol. The van der Waals surface area contributed by atoms with Crippen LogP contribution in [0.1, 0.15) is 34.7 Å². The van der Waals surface area contributed by atoms with Crippen molar-refractivity contribution in [3.05, 3.63) is 33.8 Å². The van der Waals surface area contributed by atoms with Crippen LogP contribution < -0.4 is 0 Å². The smallest absolute Gasteiger partial charge is 0.338 e. The second-order valence-corrected chi connectivity index (χ2v) is 4.36. The van der Waals surface area contributed by atoms with Gasteiger partial charge in [0.2, 0.25) is 0 Å². The van der Waals surface area contributed by atoms with Crippen molar-refractivity contribution in [1.29, 1.82) is 0 Å². The highest BCUT2D eigenvalue weighted by atomic mass is 79.9. The molecule has 0 N–H and O–H groups in total. The van der Waals surface area contributed by atoms with Crippen LogP contribution >= 0.6 is 15.9 Å². The zero-order valence-corrected chi connectivity index (χ0v) is 9.50. The Hall–Kier alpha value is -0.830. The van der Waals surface area contributed by atoms with Gasteiger partial charge >= 0.3 is 5.97 Å². The van der Waals surface area contributed by atoms with E-state index in [1.165, 1.54) is 25.5 Å². The first-order valence-electron chi connectivity index (χ1n) is 4.60. The topological polar surface area (TPSA) is 26.3 Å². The number of rotatable bonds is 2. The van der Waals surface area contributed by atoms with Crippen LogP contribution in [0.25, 0.3) is 0 Å². The second-order valence-electron chi connectivity index (χ2n) is 3.51. The van der Waals surface area contributed by atoms with Crippen molar-refractivity contribution in [2.75, 3.05) is 7.11 Å². The van der Waals surface area contributed by atoms with Crippen molar-refractivity contribution in [2.45, 2.75) is 18.8 Å². The van der Waals surface area contributed by atoms with Crippen molar-refractivity contribution in [1.82, 2.24) is 0 Å². The summed E-state index contributed by atoms with van der Waals surface area (Å²) in [6, 6.07) is 5.85. The molecule has 1 aromatic rings. The second kappa shape index (κ2) is 3.73. The zero-order chi connectivity index (χ0) is 10.1. The molecule has 1 saturated carbocycles. The number of halogens is 1. The first-order chi connectivity index (χ1) is 6.72. The summed E-state index contributed by atoms with van der Waals surface area (Å²) >= 11 is 3.38. The van der Waals surface area contributed by atoms with Gasteiger partial charge in [0.25, 0.3) is 0 Å². The molecule has 0 amide bonds. The minimum absolute atomic E-state index is 0.292. The van der Waals surface area contributed by atoms with Crippen LogP contribution in [0.5, 0.6) is 0 Å². The van der Waals surface area contributed by atoms with Crippen LogP contribution in [-0.4, -0.2) is 13.1 Å². The molecule has 2 nitrogen and oxygen atoms in total. The highest BCUT2D eigenvalue weighted by Crippen LogP contribution is 2.41. The van der Waals surface area contributed by atoms with E-state index in [-0.39, 0.29) is 5.97 Å². The van der Waals surface area contributed by atoms with Gasteiger partial charge in [-0.2, -0.15) is 0 Å². The lowest BCUT2D eigenvalue weighted by Gasteiger charge is -2.04. The Bertz CT molecular complexity index is 370. The lowest BCUT2D eigenvalue weighted by molar-refractivity contribution is 0.0599. The molecule has 0 radical (unpaired) electrons. The molecule has 0 atom stereocenters. The number of methoxy groups -OCH3 is 1. The van der Waals surface area contributed by atoms with Crippen molar-refractivity contribution < 1.29 is 9.53 Å². The van der Waals surface area contributed by atoms with Crippen molar-refractivity contribution in [2.24, 2.45) is 0 Å². The van der Waals surface area contributed by atoms with Crippen LogP contribution in [0.2, 0.25) is 0 Å². The Kier molecular flexibility index (Phi) is 2.59. The van der Waals surface area contributed by atoms with Crippen LogP contribution in [0, 0.1) is 0 Å². The van der Waals surface area contributed by atoms with Gasteiger partial charge in [-0.05, 0) is 52.4 Å². The molecule has 0 saturated heterocycles. The van der Waals surface area contributed by atoms with E-state index < -0.39 is 0 Å². The van der Waals surface area contributed by atoms with E-state index >= 15 is 0 Å². The number of carbonyl (C=O) groups is 1.